The third-order valence-electron chi connectivity index (χ3n) is 4.86. The largest absolute Gasteiger partial charge is 0.545 e. The topological polar surface area (TPSA) is 40.1 Å². The Morgan fingerprint density at radius 1 is 0.852 bits per heavy atom. The van der Waals surface area contributed by atoms with Gasteiger partial charge in [0, 0.05) is 12.8 Å². The number of rotatable bonds is 7. The molecule has 0 unspecified atom stereocenters. The average Bonchev–Trinajstić information content (AvgIpc) is 3.05. The number of carbonyl (C=O) groups is 1. The van der Waals surface area contributed by atoms with Crippen LogP contribution in [-0.2, 0) is 0 Å². The second-order valence-electron chi connectivity index (χ2n) is 7.14. The fraction of sp³-hybridized carbons (Fsp3) is 0.632. The van der Waals surface area contributed by atoms with Gasteiger partial charge in [-0.15, -0.1) is 0 Å². The molecule has 1 heterocycles. The van der Waals surface area contributed by atoms with E-state index in [2.05, 4.69) is 14.0 Å². The van der Waals surface area contributed by atoms with E-state index in [9.17, 15) is 31.9 Å². The van der Waals surface area contributed by atoms with Crippen molar-refractivity contribution in [3.8, 4) is 0 Å². The summed E-state index contributed by atoms with van der Waals surface area (Å²) in [6, 6.07) is 0. The lowest BCUT2D eigenvalue weighted by atomic mass is 10.1. The molecule has 8 heteroatoms. The fourth-order valence-corrected chi connectivity index (χ4v) is 3.20. The molecule has 3 nitrogen and oxygen atoms in total. The molecule has 2 rings (SSSR count). The van der Waals surface area contributed by atoms with Crippen molar-refractivity contribution in [2.24, 2.45) is 0 Å². The summed E-state index contributed by atoms with van der Waals surface area (Å²) in [6.45, 7) is 6.60. The first kappa shape index (κ1) is 23.3. The monoisotopic (exact) mass is 395 g/mol. The van der Waals surface area contributed by atoms with E-state index in [1.54, 1.807) is 0 Å². The lowest BCUT2D eigenvalue weighted by Gasteiger charge is -2.29. The summed E-state index contributed by atoms with van der Waals surface area (Å²) in [4.78, 5) is 10.0. The van der Waals surface area contributed by atoms with Crippen molar-refractivity contribution in [3.63, 3.8) is 0 Å². The number of carboxylic acid groups (broad SMARTS) is 1. The van der Waals surface area contributed by atoms with E-state index in [-0.39, 0.29) is 0 Å². The maximum atomic E-state index is 12.5. The van der Waals surface area contributed by atoms with E-state index >= 15 is 0 Å². The summed E-state index contributed by atoms with van der Waals surface area (Å²) >= 11 is 0. The number of unbranched alkanes of at least 4 members (excludes halogenated alkanes) is 4. The van der Waals surface area contributed by atoms with Crippen molar-refractivity contribution in [1.82, 2.24) is 0 Å². The van der Waals surface area contributed by atoms with Crippen LogP contribution >= 0.6 is 0 Å². The molecular weight excluding hydrogens is 369 g/mol. The lowest BCUT2D eigenvalue weighted by Crippen LogP contribution is -2.41. The molecule has 27 heavy (non-hydrogen) atoms. The van der Waals surface area contributed by atoms with Crippen molar-refractivity contribution in [2.75, 3.05) is 26.7 Å². The number of carbonyl (C=O) groups excluding carboxylic acids is 1. The van der Waals surface area contributed by atoms with Crippen LogP contribution in [0.2, 0.25) is 0 Å². The molecule has 0 bridgehead atoms. The number of halogens is 5. The highest BCUT2D eigenvalue weighted by Crippen LogP contribution is 2.22. The first-order chi connectivity index (χ1) is 12.6. The number of hydrogen-bond donors (Lipinski definition) is 0. The maximum Gasteiger partial charge on any atom is 0.200 e. The fourth-order valence-electron chi connectivity index (χ4n) is 3.20. The average molecular weight is 395 g/mol. The minimum atomic E-state index is -2.47. The predicted octanol–water partition coefficient (Wildman–Crippen LogP) is 3.94. The van der Waals surface area contributed by atoms with E-state index in [1.807, 2.05) is 0 Å². The van der Waals surface area contributed by atoms with Gasteiger partial charge in [0.1, 0.15) is 0 Å². The van der Waals surface area contributed by atoms with E-state index in [1.165, 1.54) is 69.1 Å². The summed E-state index contributed by atoms with van der Waals surface area (Å²) in [5.74, 6) is -14.4. The van der Waals surface area contributed by atoms with Gasteiger partial charge in [-0.05, 0) is 12.8 Å². The number of hydrogen-bond acceptors (Lipinski definition) is 2. The zero-order valence-electron chi connectivity index (χ0n) is 15.7. The molecule has 0 atom stereocenters. The number of carboxylic acids is 1. The Morgan fingerprint density at radius 3 is 1.74 bits per heavy atom. The van der Waals surface area contributed by atoms with Crippen molar-refractivity contribution in [1.29, 1.82) is 0 Å². The predicted molar refractivity (Wildman–Crippen MR) is 89.3 cm³/mol. The molecular formula is C19H26F5NO2. The van der Waals surface area contributed by atoms with Crippen LogP contribution in [0, 0.1) is 29.1 Å². The van der Waals surface area contributed by atoms with E-state index in [0.717, 1.165) is 0 Å². The molecule has 0 radical (unpaired) electrons. The third kappa shape index (κ3) is 6.45. The molecule has 1 fully saturated rings. The molecule has 1 saturated heterocycles. The molecule has 1 aliphatic rings. The molecule has 1 aromatic carbocycles. The van der Waals surface area contributed by atoms with Gasteiger partial charge in [0.2, 0.25) is 5.82 Å². The van der Waals surface area contributed by atoms with Crippen molar-refractivity contribution in [3.05, 3.63) is 34.6 Å². The second kappa shape index (κ2) is 10.6. The van der Waals surface area contributed by atoms with Gasteiger partial charge < -0.3 is 14.4 Å². The van der Waals surface area contributed by atoms with Gasteiger partial charge in [-0.2, -0.15) is 0 Å². The molecule has 0 saturated carbocycles. The molecule has 0 N–H and O–H groups in total. The number of likely N-dealkylation sites (tertiary alicyclic amines) is 1. The summed E-state index contributed by atoms with van der Waals surface area (Å²) < 4.78 is 63.3. The Morgan fingerprint density at radius 2 is 1.30 bits per heavy atom. The Bertz CT molecular complexity index is 616. The van der Waals surface area contributed by atoms with Crippen LogP contribution in [-0.4, -0.2) is 37.1 Å². The Hall–Kier alpha value is -1.70. The lowest BCUT2D eigenvalue weighted by molar-refractivity contribution is -0.897. The molecule has 1 aliphatic heterocycles. The minimum absolute atomic E-state index is 1.37. The standard InChI is InChI=1S/C12H26N.C7HF5O2/c1-3-4-5-6-7-10-13(2)11-8-9-12-13;8-2-1(7(13)14)3(9)5(11)6(12)4(2)10/h3-12H2,1-2H3;(H,13,14)/q+1;/p-1. The number of aromatic carboxylic acids is 1. The van der Waals surface area contributed by atoms with Crippen molar-refractivity contribution >= 4 is 5.97 Å². The van der Waals surface area contributed by atoms with Crippen molar-refractivity contribution < 1.29 is 36.3 Å². The molecule has 0 amide bonds. The highest BCUT2D eigenvalue weighted by atomic mass is 19.2. The van der Waals surface area contributed by atoms with Crippen LogP contribution in [0.3, 0.4) is 0 Å². The van der Waals surface area contributed by atoms with Gasteiger partial charge in [-0.3, -0.25) is 0 Å². The van der Waals surface area contributed by atoms with Crippen LogP contribution in [0.15, 0.2) is 0 Å². The first-order valence-corrected chi connectivity index (χ1v) is 9.21. The van der Waals surface area contributed by atoms with Gasteiger partial charge >= 0.3 is 0 Å². The van der Waals surface area contributed by atoms with Crippen LogP contribution in [0.4, 0.5) is 22.0 Å². The van der Waals surface area contributed by atoms with Crippen molar-refractivity contribution in [2.45, 2.75) is 51.9 Å². The number of benzene rings is 1. The van der Waals surface area contributed by atoms with E-state index in [0.29, 0.717) is 0 Å². The zero-order valence-corrected chi connectivity index (χ0v) is 15.7. The highest BCUT2D eigenvalue weighted by Gasteiger charge is 2.26. The molecule has 154 valence electrons. The minimum Gasteiger partial charge on any atom is -0.545 e. The van der Waals surface area contributed by atoms with Gasteiger partial charge in [0.15, 0.2) is 23.3 Å². The normalized spacial score (nSPS) is 15.4. The molecule has 0 aliphatic carbocycles. The Labute approximate surface area is 156 Å². The summed E-state index contributed by atoms with van der Waals surface area (Å²) in [5, 5.41) is 10.0. The SMILES string of the molecule is CCCCCCC[N+]1(C)CCCC1.O=C([O-])c1c(F)c(F)c(F)c(F)c1F. The summed E-state index contributed by atoms with van der Waals surface area (Å²) in [5.41, 5.74) is -1.97. The van der Waals surface area contributed by atoms with Gasteiger partial charge in [0.25, 0.3) is 0 Å². The van der Waals surface area contributed by atoms with Crippen LogP contribution < -0.4 is 5.11 Å². The molecule has 0 spiro atoms. The first-order valence-electron chi connectivity index (χ1n) is 9.21. The van der Waals surface area contributed by atoms with E-state index in [4.69, 9.17) is 0 Å². The summed E-state index contributed by atoms with van der Waals surface area (Å²) in [6.07, 6.45) is 10.1. The molecule has 1 aromatic rings. The van der Waals surface area contributed by atoms with Gasteiger partial charge in [-0.25, -0.2) is 22.0 Å². The third-order valence-corrected chi connectivity index (χ3v) is 4.86. The highest BCUT2D eigenvalue weighted by molar-refractivity contribution is 5.86. The Balaban J connectivity index is 0.000000271. The Kier molecular flexibility index (Phi) is 9.15. The van der Waals surface area contributed by atoms with Crippen LogP contribution in [0.5, 0.6) is 0 Å². The van der Waals surface area contributed by atoms with Crippen LogP contribution in [0.1, 0.15) is 62.2 Å². The van der Waals surface area contributed by atoms with Crippen LogP contribution in [0.25, 0.3) is 0 Å². The zero-order chi connectivity index (χ0) is 20.6. The van der Waals surface area contributed by atoms with E-state index < -0.39 is 40.6 Å². The second-order valence-corrected chi connectivity index (χ2v) is 7.14. The number of quaternary nitrogens is 1. The molecule has 0 aromatic heterocycles. The quantitative estimate of drug-likeness (QED) is 0.231. The van der Waals surface area contributed by atoms with Gasteiger partial charge in [-0.1, -0.05) is 26.2 Å². The maximum absolute atomic E-state index is 12.5. The summed E-state index contributed by atoms with van der Waals surface area (Å²) in [7, 11) is 2.44. The van der Waals surface area contributed by atoms with Gasteiger partial charge in [0.05, 0.1) is 38.2 Å². The smallest absolute Gasteiger partial charge is 0.200 e. The number of nitrogens with zero attached hydrogens (tertiary/aromatic N) is 1.